The Balaban J connectivity index is 2.10. The van der Waals surface area contributed by atoms with Crippen LogP contribution in [-0.4, -0.2) is 36.9 Å². The zero-order valence-electron chi connectivity index (χ0n) is 14.8. The summed E-state index contributed by atoms with van der Waals surface area (Å²) in [5.41, 5.74) is -1.04. The van der Waals surface area contributed by atoms with E-state index in [1.165, 1.54) is 19.2 Å². The van der Waals surface area contributed by atoms with E-state index in [1.807, 2.05) is 0 Å². The third-order valence-electron chi connectivity index (χ3n) is 3.65. The Kier molecular flexibility index (Phi) is 6.44. The van der Waals surface area contributed by atoms with Crippen molar-refractivity contribution in [3.63, 3.8) is 0 Å². The highest BCUT2D eigenvalue weighted by Gasteiger charge is 2.33. The number of nitrogens with zero attached hydrogens (tertiary/aromatic N) is 1. The molecular weight excluding hydrogens is 361 g/mol. The van der Waals surface area contributed by atoms with E-state index in [-0.39, 0.29) is 11.3 Å². The third-order valence-corrected chi connectivity index (χ3v) is 3.65. The van der Waals surface area contributed by atoms with Gasteiger partial charge in [0.1, 0.15) is 5.75 Å². The van der Waals surface area contributed by atoms with Crippen LogP contribution >= 0.6 is 0 Å². The lowest BCUT2D eigenvalue weighted by atomic mass is 10.1. The van der Waals surface area contributed by atoms with Crippen LogP contribution in [0.4, 0.5) is 18.9 Å². The number of rotatable bonds is 6. The molecule has 5 nitrogen and oxygen atoms in total. The summed E-state index contributed by atoms with van der Waals surface area (Å²) in [6.07, 6.45) is -4.60. The monoisotopic (exact) mass is 380 g/mol. The fourth-order valence-corrected chi connectivity index (χ4v) is 2.45. The minimum Gasteiger partial charge on any atom is -0.493 e. The second-order valence-electron chi connectivity index (χ2n) is 5.68. The number of ether oxygens (including phenoxy) is 1. The zero-order chi connectivity index (χ0) is 20.0. The molecule has 2 aromatic carbocycles. The topological polar surface area (TPSA) is 58.6 Å². The van der Waals surface area contributed by atoms with E-state index in [2.05, 4.69) is 5.32 Å². The highest BCUT2D eigenvalue weighted by molar-refractivity contribution is 6.01. The number of carbonyl (C=O) groups is 2. The summed E-state index contributed by atoms with van der Waals surface area (Å²) >= 11 is 0. The molecule has 0 aliphatic rings. The Bertz CT molecular complexity index is 822. The van der Waals surface area contributed by atoms with Crippen LogP contribution in [-0.2, 0) is 11.0 Å². The molecule has 8 heteroatoms. The molecule has 0 heterocycles. The molecule has 0 aromatic heterocycles. The van der Waals surface area contributed by atoms with E-state index in [0.717, 1.165) is 17.0 Å². The Labute approximate surface area is 154 Å². The number of halogens is 3. The Morgan fingerprint density at radius 3 is 2.37 bits per heavy atom. The van der Waals surface area contributed by atoms with Gasteiger partial charge in [-0.1, -0.05) is 24.3 Å². The van der Waals surface area contributed by atoms with Gasteiger partial charge in [0, 0.05) is 7.05 Å². The van der Waals surface area contributed by atoms with Gasteiger partial charge in [-0.15, -0.1) is 0 Å². The van der Waals surface area contributed by atoms with Crippen molar-refractivity contribution in [3.8, 4) is 5.75 Å². The maximum absolute atomic E-state index is 13.0. The molecule has 27 heavy (non-hydrogen) atoms. The molecule has 0 aliphatic carbocycles. The summed E-state index contributed by atoms with van der Waals surface area (Å²) in [4.78, 5) is 25.8. The maximum atomic E-state index is 13.0. The van der Waals surface area contributed by atoms with Gasteiger partial charge in [-0.05, 0) is 31.2 Å². The lowest BCUT2D eigenvalue weighted by Gasteiger charge is -2.19. The van der Waals surface area contributed by atoms with E-state index >= 15 is 0 Å². The number of anilines is 1. The van der Waals surface area contributed by atoms with Crippen LogP contribution in [0.25, 0.3) is 0 Å². The van der Waals surface area contributed by atoms with Crippen LogP contribution in [0.1, 0.15) is 22.8 Å². The summed E-state index contributed by atoms with van der Waals surface area (Å²) < 4.78 is 44.4. The number of hydrogen-bond acceptors (Lipinski definition) is 3. The first kappa shape index (κ1) is 20.3. The molecule has 0 spiro atoms. The number of benzene rings is 2. The minimum atomic E-state index is -4.60. The van der Waals surface area contributed by atoms with Crippen molar-refractivity contribution < 1.29 is 27.5 Å². The van der Waals surface area contributed by atoms with E-state index in [0.29, 0.717) is 12.4 Å². The summed E-state index contributed by atoms with van der Waals surface area (Å²) in [5, 5.41) is 2.21. The van der Waals surface area contributed by atoms with Crippen LogP contribution in [0.5, 0.6) is 5.75 Å². The van der Waals surface area contributed by atoms with Crippen molar-refractivity contribution in [1.82, 2.24) is 4.90 Å². The molecule has 2 rings (SSSR count). The molecule has 1 N–H and O–H groups in total. The zero-order valence-corrected chi connectivity index (χ0v) is 14.8. The standard InChI is InChI=1S/C19H19F3N2O3/c1-3-27-16-11-7-4-8-13(16)18(26)24(2)12-17(25)23-15-10-6-5-9-14(15)19(20,21)22/h4-11H,3,12H2,1-2H3,(H,23,25). The molecule has 0 saturated carbocycles. The Hall–Kier alpha value is -3.03. The highest BCUT2D eigenvalue weighted by atomic mass is 19.4. The van der Waals surface area contributed by atoms with E-state index in [9.17, 15) is 22.8 Å². The fourth-order valence-electron chi connectivity index (χ4n) is 2.45. The predicted octanol–water partition coefficient (Wildman–Crippen LogP) is 3.81. The lowest BCUT2D eigenvalue weighted by Crippen LogP contribution is -2.35. The minimum absolute atomic E-state index is 0.269. The molecule has 0 bridgehead atoms. The molecule has 0 unspecified atom stereocenters. The van der Waals surface area contributed by atoms with Crippen molar-refractivity contribution in [2.45, 2.75) is 13.1 Å². The smallest absolute Gasteiger partial charge is 0.418 e. The molecule has 0 fully saturated rings. The summed E-state index contributed by atoms with van der Waals surface area (Å²) in [5.74, 6) is -0.838. The molecule has 144 valence electrons. The van der Waals surface area contributed by atoms with E-state index < -0.39 is 30.1 Å². The second-order valence-corrected chi connectivity index (χ2v) is 5.68. The van der Waals surface area contributed by atoms with Gasteiger partial charge in [-0.3, -0.25) is 9.59 Å². The number of carbonyl (C=O) groups excluding carboxylic acids is 2. The van der Waals surface area contributed by atoms with Crippen molar-refractivity contribution in [2.24, 2.45) is 0 Å². The van der Waals surface area contributed by atoms with Crippen molar-refractivity contribution >= 4 is 17.5 Å². The first-order valence-corrected chi connectivity index (χ1v) is 8.17. The lowest BCUT2D eigenvalue weighted by molar-refractivity contribution is -0.137. The number of hydrogen-bond donors (Lipinski definition) is 1. The van der Waals surface area contributed by atoms with Crippen molar-refractivity contribution in [3.05, 3.63) is 59.7 Å². The number of nitrogens with one attached hydrogen (secondary N) is 1. The van der Waals surface area contributed by atoms with Gasteiger partial charge < -0.3 is 15.0 Å². The van der Waals surface area contributed by atoms with Gasteiger partial charge in [0.2, 0.25) is 5.91 Å². The average Bonchev–Trinajstić information content (AvgIpc) is 2.61. The van der Waals surface area contributed by atoms with Gasteiger partial charge in [-0.25, -0.2) is 0 Å². The molecule has 0 atom stereocenters. The van der Waals surface area contributed by atoms with Gasteiger partial charge >= 0.3 is 6.18 Å². The summed E-state index contributed by atoms with van der Waals surface area (Å²) in [6.45, 7) is 1.73. The molecular formula is C19H19F3N2O3. The van der Waals surface area contributed by atoms with E-state index in [1.54, 1.807) is 31.2 Å². The molecule has 2 aromatic rings. The second kappa shape index (κ2) is 8.57. The van der Waals surface area contributed by atoms with Crippen LogP contribution in [0.15, 0.2) is 48.5 Å². The molecule has 2 amide bonds. The summed E-state index contributed by atoms with van der Waals surface area (Å²) in [7, 11) is 1.39. The molecule has 0 radical (unpaired) electrons. The van der Waals surface area contributed by atoms with E-state index in [4.69, 9.17) is 4.74 Å². The van der Waals surface area contributed by atoms with Gasteiger partial charge in [0.25, 0.3) is 5.91 Å². The van der Waals surface area contributed by atoms with Crippen LogP contribution in [0, 0.1) is 0 Å². The quantitative estimate of drug-likeness (QED) is 0.829. The average molecular weight is 380 g/mol. The number of likely N-dealkylation sites (N-methyl/N-ethyl adjacent to an activating group) is 1. The first-order chi connectivity index (χ1) is 12.7. The van der Waals surface area contributed by atoms with Crippen LogP contribution in [0.2, 0.25) is 0 Å². The number of amides is 2. The Morgan fingerprint density at radius 1 is 1.07 bits per heavy atom. The van der Waals surface area contributed by atoms with Crippen LogP contribution < -0.4 is 10.1 Å². The van der Waals surface area contributed by atoms with Gasteiger partial charge in [0.05, 0.1) is 30.0 Å². The Morgan fingerprint density at radius 2 is 1.70 bits per heavy atom. The van der Waals surface area contributed by atoms with Gasteiger partial charge in [0.15, 0.2) is 0 Å². The number of para-hydroxylation sites is 2. The van der Waals surface area contributed by atoms with Gasteiger partial charge in [-0.2, -0.15) is 13.2 Å². The third kappa shape index (κ3) is 5.22. The first-order valence-electron chi connectivity index (χ1n) is 8.17. The number of alkyl halides is 3. The van der Waals surface area contributed by atoms with Crippen molar-refractivity contribution in [1.29, 1.82) is 0 Å². The largest absolute Gasteiger partial charge is 0.493 e. The van der Waals surface area contributed by atoms with Crippen molar-refractivity contribution in [2.75, 3.05) is 25.5 Å². The molecule has 0 aliphatic heterocycles. The normalized spacial score (nSPS) is 11.0. The summed E-state index contributed by atoms with van der Waals surface area (Å²) in [6, 6.07) is 11.2. The SMILES string of the molecule is CCOc1ccccc1C(=O)N(C)CC(=O)Nc1ccccc1C(F)(F)F. The predicted molar refractivity (Wildman–Crippen MR) is 94.6 cm³/mol. The molecule has 0 saturated heterocycles. The fraction of sp³-hybridized carbons (Fsp3) is 0.263. The maximum Gasteiger partial charge on any atom is 0.418 e. The highest BCUT2D eigenvalue weighted by Crippen LogP contribution is 2.34. The van der Waals surface area contributed by atoms with Crippen LogP contribution in [0.3, 0.4) is 0 Å².